The molecule has 2 nitrogen and oxygen atoms in total. The molecule has 1 atom stereocenters. The third kappa shape index (κ3) is 2.29. The highest BCUT2D eigenvalue weighted by Crippen LogP contribution is 2.32. The molecule has 0 heterocycles. The quantitative estimate of drug-likeness (QED) is 0.530. The zero-order chi connectivity index (χ0) is 9.19. The van der Waals surface area contributed by atoms with Crippen molar-refractivity contribution in [3.8, 4) is 0 Å². The minimum Gasteiger partial charge on any atom is -0.706 e. The van der Waals surface area contributed by atoms with E-state index in [-0.39, 0.29) is 5.41 Å². The van der Waals surface area contributed by atoms with Crippen LogP contribution in [-0.4, -0.2) is 0 Å². The molecular weight excluding hydrogens is 148 g/mol. The van der Waals surface area contributed by atoms with E-state index in [0.717, 1.165) is 6.42 Å². The number of rotatable bonds is 1. The van der Waals surface area contributed by atoms with Gasteiger partial charge in [-0.15, -0.1) is 0 Å². The van der Waals surface area contributed by atoms with Gasteiger partial charge in [-0.3, -0.25) is 0 Å². The molecule has 0 bridgehead atoms. The maximum atomic E-state index is 8.64. The highest BCUT2D eigenvalue weighted by molar-refractivity contribution is 5.23. The highest BCUT2D eigenvalue weighted by atomic mass is 15.0. The van der Waals surface area contributed by atoms with E-state index in [0.29, 0.717) is 11.6 Å². The fraction of sp³-hybridized carbons (Fsp3) is 0.600. The first-order chi connectivity index (χ1) is 5.53. The van der Waals surface area contributed by atoms with E-state index in [2.05, 4.69) is 32.0 Å². The van der Waals surface area contributed by atoms with Gasteiger partial charge in [0, 0.05) is 5.70 Å². The van der Waals surface area contributed by atoms with Gasteiger partial charge in [0.05, 0.1) is 0 Å². The third-order valence-corrected chi connectivity index (χ3v) is 2.10. The lowest BCUT2D eigenvalue weighted by Crippen LogP contribution is -2.10. The predicted octanol–water partition coefficient (Wildman–Crippen LogP) is 3.51. The molecule has 0 radical (unpaired) electrons. The van der Waals surface area contributed by atoms with Crippen LogP contribution < -0.4 is 0 Å². The Balaban J connectivity index is 2.92. The number of nitrogens with zero attached hydrogens (tertiary/aromatic N) is 2. The van der Waals surface area contributed by atoms with Crippen LogP contribution in [0, 0.1) is 11.3 Å². The second-order valence-corrected chi connectivity index (χ2v) is 4.20. The van der Waals surface area contributed by atoms with Gasteiger partial charge in [-0.1, -0.05) is 32.9 Å². The Morgan fingerprint density at radius 2 is 2.25 bits per heavy atom. The molecule has 1 aliphatic carbocycles. The smallest absolute Gasteiger partial charge is 0.0358 e. The van der Waals surface area contributed by atoms with Gasteiger partial charge in [0.1, 0.15) is 0 Å². The van der Waals surface area contributed by atoms with Gasteiger partial charge in [-0.2, -0.15) is 0 Å². The van der Waals surface area contributed by atoms with E-state index in [9.17, 15) is 0 Å². The molecule has 66 valence electrons. The summed E-state index contributed by atoms with van der Waals surface area (Å²) in [4.78, 5) is 0. The van der Waals surface area contributed by atoms with Gasteiger partial charge in [0.2, 0.25) is 0 Å². The van der Waals surface area contributed by atoms with E-state index in [1.165, 1.54) is 0 Å². The van der Waals surface area contributed by atoms with Crippen molar-refractivity contribution in [2.45, 2.75) is 27.2 Å². The van der Waals surface area contributed by atoms with Crippen molar-refractivity contribution in [3.63, 3.8) is 0 Å². The molecule has 0 aliphatic heterocycles. The lowest BCUT2D eigenvalue weighted by Gasteiger charge is -2.21. The highest BCUT2D eigenvalue weighted by Gasteiger charge is 2.19. The molecule has 12 heavy (non-hydrogen) atoms. The molecular formula is C10H15N2-. The Bertz CT molecular complexity index is 236. The van der Waals surface area contributed by atoms with Crippen molar-refractivity contribution >= 4 is 0 Å². The zero-order valence-electron chi connectivity index (χ0n) is 7.91. The summed E-state index contributed by atoms with van der Waals surface area (Å²) in [7, 11) is 0. The van der Waals surface area contributed by atoms with Gasteiger partial charge >= 0.3 is 0 Å². The summed E-state index contributed by atoms with van der Waals surface area (Å²) in [5.74, 6) is 0.551. The SMILES string of the molecule is CC1C=CC(N=[N-])=CC(C)(C)C1. The first kappa shape index (κ1) is 9.17. The maximum absolute atomic E-state index is 8.64. The van der Waals surface area contributed by atoms with Crippen LogP contribution in [0.5, 0.6) is 0 Å². The van der Waals surface area contributed by atoms with Gasteiger partial charge in [0.15, 0.2) is 0 Å². The van der Waals surface area contributed by atoms with E-state index >= 15 is 0 Å². The summed E-state index contributed by atoms with van der Waals surface area (Å²) in [6.07, 6.45) is 7.06. The van der Waals surface area contributed by atoms with Crippen LogP contribution in [0.3, 0.4) is 0 Å². The van der Waals surface area contributed by atoms with Crippen LogP contribution in [0.1, 0.15) is 27.2 Å². The topological polar surface area (TPSA) is 34.7 Å². The standard InChI is InChI=1S/C10H15N2/c1-8-4-5-9(12-11)7-10(2,3)6-8/h4-5,7-8H,6H2,1-3H3/q-1. The number of hydrogen-bond donors (Lipinski definition) is 0. The maximum Gasteiger partial charge on any atom is 0.0358 e. The molecule has 0 saturated heterocycles. The number of hydrogen-bond acceptors (Lipinski definition) is 1. The minimum absolute atomic E-state index is 0.129. The Hall–Kier alpha value is -0.920. The molecule has 0 aromatic heterocycles. The Kier molecular flexibility index (Phi) is 2.46. The van der Waals surface area contributed by atoms with E-state index < -0.39 is 0 Å². The molecule has 0 N–H and O–H groups in total. The second-order valence-electron chi connectivity index (χ2n) is 4.20. The Labute approximate surface area is 73.9 Å². The zero-order valence-corrected chi connectivity index (χ0v) is 7.91. The van der Waals surface area contributed by atoms with Gasteiger partial charge in [0.25, 0.3) is 0 Å². The summed E-state index contributed by atoms with van der Waals surface area (Å²) in [6, 6.07) is 0. The molecule has 0 spiro atoms. The normalized spacial score (nSPS) is 27.6. The minimum atomic E-state index is 0.129. The van der Waals surface area contributed by atoms with Crippen LogP contribution in [-0.2, 0) is 0 Å². The van der Waals surface area contributed by atoms with E-state index in [4.69, 9.17) is 5.53 Å². The fourth-order valence-corrected chi connectivity index (χ4v) is 1.73. The molecule has 0 amide bonds. The molecule has 1 rings (SSSR count). The lowest BCUT2D eigenvalue weighted by molar-refractivity contribution is 0.389. The largest absolute Gasteiger partial charge is 0.706 e. The van der Waals surface area contributed by atoms with Gasteiger partial charge in [-0.25, -0.2) is 0 Å². The summed E-state index contributed by atoms with van der Waals surface area (Å²) >= 11 is 0. The van der Waals surface area contributed by atoms with E-state index in [1.54, 1.807) is 0 Å². The Morgan fingerprint density at radius 3 is 2.83 bits per heavy atom. The third-order valence-electron chi connectivity index (χ3n) is 2.10. The monoisotopic (exact) mass is 163 g/mol. The van der Waals surface area contributed by atoms with Crippen LogP contribution in [0.2, 0.25) is 0 Å². The summed E-state index contributed by atoms with van der Waals surface area (Å²) in [5, 5.41) is 3.21. The molecule has 1 aliphatic rings. The Morgan fingerprint density at radius 1 is 1.58 bits per heavy atom. The first-order valence-corrected chi connectivity index (χ1v) is 4.30. The van der Waals surface area contributed by atoms with Crippen molar-refractivity contribution in [2.24, 2.45) is 16.4 Å². The molecule has 2 heteroatoms. The fourth-order valence-electron chi connectivity index (χ4n) is 1.73. The first-order valence-electron chi connectivity index (χ1n) is 4.30. The summed E-state index contributed by atoms with van der Waals surface area (Å²) in [6.45, 7) is 6.48. The second kappa shape index (κ2) is 3.21. The van der Waals surface area contributed by atoms with Gasteiger partial charge < -0.3 is 10.6 Å². The molecule has 0 aromatic carbocycles. The average Bonchev–Trinajstić information content (AvgIpc) is 2.07. The summed E-state index contributed by atoms with van der Waals surface area (Å²) in [5.41, 5.74) is 9.44. The van der Waals surface area contributed by atoms with Gasteiger partial charge in [-0.05, 0) is 23.8 Å². The molecule has 1 unspecified atom stereocenters. The molecule has 0 aromatic rings. The van der Waals surface area contributed by atoms with Crippen molar-refractivity contribution < 1.29 is 0 Å². The van der Waals surface area contributed by atoms with Crippen LogP contribution in [0.25, 0.3) is 5.53 Å². The molecule has 0 saturated carbocycles. The van der Waals surface area contributed by atoms with Crippen LogP contribution in [0.15, 0.2) is 29.0 Å². The van der Waals surface area contributed by atoms with Crippen molar-refractivity contribution in [2.75, 3.05) is 0 Å². The predicted molar refractivity (Wildman–Crippen MR) is 50.6 cm³/mol. The van der Waals surface area contributed by atoms with Crippen LogP contribution >= 0.6 is 0 Å². The summed E-state index contributed by atoms with van der Waals surface area (Å²) < 4.78 is 0. The van der Waals surface area contributed by atoms with Crippen molar-refractivity contribution in [3.05, 3.63) is 29.5 Å². The van der Waals surface area contributed by atoms with Crippen molar-refractivity contribution in [1.82, 2.24) is 0 Å². The van der Waals surface area contributed by atoms with Crippen LogP contribution in [0.4, 0.5) is 0 Å². The lowest BCUT2D eigenvalue weighted by atomic mass is 9.84. The van der Waals surface area contributed by atoms with E-state index in [1.807, 2.05) is 12.2 Å². The number of allylic oxidation sites excluding steroid dienone is 3. The molecule has 0 fully saturated rings. The van der Waals surface area contributed by atoms with Crippen molar-refractivity contribution in [1.29, 1.82) is 0 Å². The average molecular weight is 163 g/mol.